The van der Waals surface area contributed by atoms with Crippen LogP contribution in [-0.2, 0) is 0 Å². The number of fused-ring (bicyclic) bond motifs is 2. The predicted molar refractivity (Wildman–Crippen MR) is 117 cm³/mol. The fourth-order valence-corrected chi connectivity index (χ4v) is 4.03. The summed E-state index contributed by atoms with van der Waals surface area (Å²) in [6, 6.07) is 36.1. The lowest BCUT2D eigenvalue weighted by Gasteiger charge is -2.18. The Morgan fingerprint density at radius 2 is 0.852 bits per heavy atom. The third kappa shape index (κ3) is 2.56. The van der Waals surface area contributed by atoms with Crippen molar-refractivity contribution in [3.63, 3.8) is 0 Å². The molecule has 0 aliphatic carbocycles. The van der Waals surface area contributed by atoms with E-state index in [0.29, 0.717) is 0 Å². The Hall–Kier alpha value is -3.58. The number of hydrogen-bond donors (Lipinski definition) is 1. The maximum atomic E-state index is 6.20. The predicted octanol–water partition coefficient (Wildman–Crippen LogP) is 6.91. The van der Waals surface area contributed by atoms with E-state index in [-0.39, 0.29) is 0 Å². The maximum Gasteiger partial charge on any atom is 0.0320 e. The average molecular weight is 345 g/mol. The van der Waals surface area contributed by atoms with E-state index in [0.717, 1.165) is 5.69 Å². The summed E-state index contributed by atoms with van der Waals surface area (Å²) in [5, 5.41) is 4.94. The molecule has 1 nitrogen and oxygen atoms in total. The van der Waals surface area contributed by atoms with Crippen LogP contribution in [0.4, 0.5) is 5.69 Å². The lowest BCUT2D eigenvalue weighted by Crippen LogP contribution is -1.92. The van der Waals surface area contributed by atoms with Crippen LogP contribution in [0.5, 0.6) is 0 Å². The molecule has 1 heteroatoms. The highest BCUT2D eigenvalue weighted by molar-refractivity contribution is 6.21. The number of benzene rings is 5. The second kappa shape index (κ2) is 6.30. The van der Waals surface area contributed by atoms with Crippen LogP contribution in [0.3, 0.4) is 0 Å². The average Bonchev–Trinajstić information content (AvgIpc) is 2.73. The molecule has 0 aliphatic heterocycles. The van der Waals surface area contributed by atoms with Crippen molar-refractivity contribution in [1.29, 1.82) is 0 Å². The lowest BCUT2D eigenvalue weighted by atomic mass is 9.86. The highest BCUT2D eigenvalue weighted by Gasteiger charge is 2.16. The van der Waals surface area contributed by atoms with Crippen LogP contribution in [0.15, 0.2) is 103 Å². The minimum atomic E-state index is 0.786. The van der Waals surface area contributed by atoms with Gasteiger partial charge in [-0.05, 0) is 55.9 Å². The van der Waals surface area contributed by atoms with Gasteiger partial charge in [-0.25, -0.2) is 0 Å². The minimum absolute atomic E-state index is 0.786. The topological polar surface area (TPSA) is 26.0 Å². The molecule has 128 valence electrons. The molecule has 0 radical (unpaired) electrons. The van der Waals surface area contributed by atoms with Crippen molar-refractivity contribution in [2.75, 3.05) is 5.73 Å². The Morgan fingerprint density at radius 1 is 0.407 bits per heavy atom. The van der Waals surface area contributed by atoms with Gasteiger partial charge in [0.05, 0.1) is 0 Å². The molecule has 0 spiro atoms. The maximum absolute atomic E-state index is 6.20. The first-order chi connectivity index (χ1) is 13.3. The molecule has 0 atom stereocenters. The smallest absolute Gasteiger partial charge is 0.0320 e. The minimum Gasteiger partial charge on any atom is -0.399 e. The molecular formula is C26H19N. The number of nitrogen functional groups attached to an aromatic ring is 1. The standard InChI is InChI=1S/C26H19N/c27-20-15-16-23-24(17-20)26(19-11-5-2-6-12-19)22-14-8-7-13-21(22)25(23)18-9-3-1-4-10-18/h1-17H,27H2. The molecule has 2 N–H and O–H groups in total. The van der Waals surface area contributed by atoms with Crippen LogP contribution in [0.1, 0.15) is 0 Å². The van der Waals surface area contributed by atoms with E-state index in [1.165, 1.54) is 43.8 Å². The Bertz CT molecular complexity index is 1260. The molecule has 27 heavy (non-hydrogen) atoms. The van der Waals surface area contributed by atoms with Gasteiger partial charge in [-0.15, -0.1) is 0 Å². The summed E-state index contributed by atoms with van der Waals surface area (Å²) in [5.41, 5.74) is 11.9. The largest absolute Gasteiger partial charge is 0.399 e. The van der Waals surface area contributed by atoms with Gasteiger partial charge in [-0.3, -0.25) is 0 Å². The SMILES string of the molecule is Nc1ccc2c(-c3ccccc3)c3ccccc3c(-c3ccccc3)c2c1. The van der Waals surface area contributed by atoms with Crippen LogP contribution in [0.25, 0.3) is 43.8 Å². The lowest BCUT2D eigenvalue weighted by molar-refractivity contribution is 1.65. The third-order valence-corrected chi connectivity index (χ3v) is 5.17. The van der Waals surface area contributed by atoms with Crippen molar-refractivity contribution in [1.82, 2.24) is 0 Å². The first-order valence-corrected chi connectivity index (χ1v) is 9.18. The van der Waals surface area contributed by atoms with E-state index in [4.69, 9.17) is 5.73 Å². The molecule has 0 saturated carbocycles. The fourth-order valence-electron chi connectivity index (χ4n) is 4.03. The fraction of sp³-hybridized carbons (Fsp3) is 0. The summed E-state index contributed by atoms with van der Waals surface area (Å²) in [6.07, 6.45) is 0. The van der Waals surface area contributed by atoms with Gasteiger partial charge in [0.1, 0.15) is 0 Å². The molecular weight excluding hydrogens is 326 g/mol. The molecule has 0 aromatic heterocycles. The second-order valence-electron chi connectivity index (χ2n) is 6.83. The van der Waals surface area contributed by atoms with E-state index in [1.54, 1.807) is 0 Å². The Labute approximate surface area is 158 Å². The number of rotatable bonds is 2. The van der Waals surface area contributed by atoms with Crippen molar-refractivity contribution in [2.45, 2.75) is 0 Å². The molecule has 5 rings (SSSR count). The van der Waals surface area contributed by atoms with Crippen LogP contribution >= 0.6 is 0 Å². The summed E-state index contributed by atoms with van der Waals surface area (Å²) in [4.78, 5) is 0. The van der Waals surface area contributed by atoms with Crippen molar-refractivity contribution in [3.8, 4) is 22.3 Å². The summed E-state index contributed by atoms with van der Waals surface area (Å²) < 4.78 is 0. The zero-order valence-electron chi connectivity index (χ0n) is 14.9. The molecule has 0 saturated heterocycles. The molecule has 0 amide bonds. The van der Waals surface area contributed by atoms with Gasteiger partial charge in [-0.2, -0.15) is 0 Å². The van der Waals surface area contributed by atoms with Gasteiger partial charge < -0.3 is 5.73 Å². The van der Waals surface area contributed by atoms with Gasteiger partial charge in [-0.1, -0.05) is 91.0 Å². The normalized spacial score (nSPS) is 11.1. The van der Waals surface area contributed by atoms with Gasteiger partial charge in [0.25, 0.3) is 0 Å². The first-order valence-electron chi connectivity index (χ1n) is 9.18. The molecule has 0 bridgehead atoms. The quantitative estimate of drug-likeness (QED) is 0.273. The zero-order valence-corrected chi connectivity index (χ0v) is 14.9. The highest BCUT2D eigenvalue weighted by Crippen LogP contribution is 2.43. The third-order valence-electron chi connectivity index (χ3n) is 5.17. The van der Waals surface area contributed by atoms with E-state index in [1.807, 2.05) is 6.07 Å². The van der Waals surface area contributed by atoms with Gasteiger partial charge in [0.2, 0.25) is 0 Å². The Balaban J connectivity index is 2.04. The molecule has 0 heterocycles. The zero-order chi connectivity index (χ0) is 18.2. The van der Waals surface area contributed by atoms with Gasteiger partial charge in [0, 0.05) is 5.69 Å². The van der Waals surface area contributed by atoms with Gasteiger partial charge >= 0.3 is 0 Å². The summed E-state index contributed by atoms with van der Waals surface area (Å²) >= 11 is 0. The first kappa shape index (κ1) is 15.7. The van der Waals surface area contributed by atoms with Crippen molar-refractivity contribution in [2.24, 2.45) is 0 Å². The van der Waals surface area contributed by atoms with E-state index in [2.05, 4.69) is 97.1 Å². The number of nitrogens with two attached hydrogens (primary N) is 1. The number of anilines is 1. The molecule has 5 aromatic rings. The molecule has 0 fully saturated rings. The van der Waals surface area contributed by atoms with E-state index < -0.39 is 0 Å². The van der Waals surface area contributed by atoms with Gasteiger partial charge in [0.15, 0.2) is 0 Å². The second-order valence-corrected chi connectivity index (χ2v) is 6.83. The molecule has 0 unspecified atom stereocenters. The van der Waals surface area contributed by atoms with Crippen molar-refractivity contribution >= 4 is 27.2 Å². The van der Waals surface area contributed by atoms with Crippen LogP contribution in [-0.4, -0.2) is 0 Å². The van der Waals surface area contributed by atoms with Crippen LogP contribution in [0, 0.1) is 0 Å². The Morgan fingerprint density at radius 3 is 1.41 bits per heavy atom. The highest BCUT2D eigenvalue weighted by atomic mass is 14.5. The summed E-state index contributed by atoms with van der Waals surface area (Å²) in [5.74, 6) is 0. The summed E-state index contributed by atoms with van der Waals surface area (Å²) in [6.45, 7) is 0. The molecule has 0 aliphatic rings. The Kier molecular flexibility index (Phi) is 3.65. The van der Waals surface area contributed by atoms with Crippen LogP contribution < -0.4 is 5.73 Å². The number of hydrogen-bond acceptors (Lipinski definition) is 1. The van der Waals surface area contributed by atoms with Crippen molar-refractivity contribution in [3.05, 3.63) is 103 Å². The van der Waals surface area contributed by atoms with E-state index in [9.17, 15) is 0 Å². The summed E-state index contributed by atoms with van der Waals surface area (Å²) in [7, 11) is 0. The monoisotopic (exact) mass is 345 g/mol. The molecule has 5 aromatic carbocycles. The van der Waals surface area contributed by atoms with Crippen molar-refractivity contribution < 1.29 is 0 Å². The van der Waals surface area contributed by atoms with E-state index >= 15 is 0 Å². The van der Waals surface area contributed by atoms with Crippen LogP contribution in [0.2, 0.25) is 0 Å².